The molecule has 166 valence electrons. The number of hydroxylamine groups is 1. The molecule has 0 saturated carbocycles. The van der Waals surface area contributed by atoms with E-state index in [0.29, 0.717) is 33.1 Å². The van der Waals surface area contributed by atoms with Gasteiger partial charge in [0.2, 0.25) is 0 Å². The van der Waals surface area contributed by atoms with Gasteiger partial charge in [0, 0.05) is 26.3 Å². The first kappa shape index (κ1) is 21.3. The topological polar surface area (TPSA) is 92.9 Å². The van der Waals surface area contributed by atoms with Crippen LogP contribution in [-0.2, 0) is 14.9 Å². The number of halogens is 1. The first-order valence-corrected chi connectivity index (χ1v) is 12.2. The number of hydrogen-bond acceptors (Lipinski definition) is 6. The van der Waals surface area contributed by atoms with Crippen molar-refractivity contribution in [3.63, 3.8) is 0 Å². The second-order valence-electron chi connectivity index (χ2n) is 7.52. The molecule has 0 fully saturated rings. The van der Waals surface area contributed by atoms with Crippen LogP contribution in [0.2, 0.25) is 0 Å². The molecule has 3 aromatic carbocycles. The molecule has 1 aliphatic heterocycles. The van der Waals surface area contributed by atoms with Crippen LogP contribution in [0.1, 0.15) is 11.1 Å². The predicted octanol–water partition coefficient (Wildman–Crippen LogP) is 3.76. The number of nitrogens with zero attached hydrogens (tertiary/aromatic N) is 1. The number of fused-ring (bicyclic) bond motifs is 1. The molecule has 1 aliphatic rings. The Bertz CT molecular complexity index is 1620. The van der Waals surface area contributed by atoms with E-state index in [9.17, 15) is 8.42 Å². The molecule has 7 nitrogen and oxygen atoms in total. The van der Waals surface area contributed by atoms with Gasteiger partial charge >= 0.3 is 0 Å². The minimum absolute atomic E-state index is 0.0994. The van der Waals surface area contributed by atoms with Gasteiger partial charge in [-0.25, -0.2) is 13.9 Å². The minimum Gasteiger partial charge on any atom is -0.450 e. The van der Waals surface area contributed by atoms with Crippen molar-refractivity contribution in [2.75, 3.05) is 4.72 Å². The fourth-order valence-corrected chi connectivity index (χ4v) is 4.72. The lowest BCUT2D eigenvalue weighted by Gasteiger charge is -2.08. The summed E-state index contributed by atoms with van der Waals surface area (Å²) in [7, 11) is -3.79. The highest BCUT2D eigenvalue weighted by atomic mass is 79.9. The summed E-state index contributed by atoms with van der Waals surface area (Å²) in [5.41, 5.74) is 5.95. The average molecular weight is 524 g/mol. The largest absolute Gasteiger partial charge is 0.450 e. The Morgan fingerprint density at radius 3 is 2.48 bits per heavy atom. The maximum atomic E-state index is 12.9. The number of nitrogens with one attached hydrogen (secondary N) is 2. The van der Waals surface area contributed by atoms with Crippen molar-refractivity contribution < 1.29 is 17.7 Å². The summed E-state index contributed by atoms with van der Waals surface area (Å²) in [5.74, 6) is 0.749. The SMILES string of the molecule is C=c1c(=C2N=C(c3ccc(Br)cc3)NO2)oc2ccc(S(=O)(=O)Nc3ccc(C)cc3)cc12. The third-order valence-corrected chi connectivity index (χ3v) is 7.05. The van der Waals surface area contributed by atoms with Crippen molar-refractivity contribution in [3.05, 3.63) is 93.0 Å². The molecular weight excluding hydrogens is 506 g/mol. The van der Waals surface area contributed by atoms with Crippen molar-refractivity contribution in [1.82, 2.24) is 5.48 Å². The molecule has 0 amide bonds. The third-order valence-electron chi connectivity index (χ3n) is 5.15. The highest BCUT2D eigenvalue weighted by Gasteiger charge is 2.20. The first-order chi connectivity index (χ1) is 15.8. The van der Waals surface area contributed by atoms with Crippen LogP contribution in [0.5, 0.6) is 0 Å². The Kier molecular flexibility index (Phi) is 5.22. The van der Waals surface area contributed by atoms with Gasteiger partial charge in [-0.3, -0.25) is 4.72 Å². The van der Waals surface area contributed by atoms with Crippen molar-refractivity contribution in [2.45, 2.75) is 11.8 Å². The fourth-order valence-electron chi connectivity index (χ4n) is 3.38. The normalized spacial score (nSPS) is 15.2. The molecule has 0 spiro atoms. The van der Waals surface area contributed by atoms with E-state index in [4.69, 9.17) is 9.25 Å². The summed E-state index contributed by atoms with van der Waals surface area (Å²) in [6.07, 6.45) is 0. The molecule has 4 aromatic rings. The van der Waals surface area contributed by atoms with Crippen LogP contribution in [0, 0.1) is 6.92 Å². The lowest BCUT2D eigenvalue weighted by atomic mass is 10.2. The molecular formula is C24H18BrN3O4S. The van der Waals surface area contributed by atoms with Gasteiger partial charge in [-0.1, -0.05) is 52.3 Å². The van der Waals surface area contributed by atoms with Crippen LogP contribution in [0.15, 0.2) is 85.5 Å². The number of sulfonamides is 1. The van der Waals surface area contributed by atoms with Gasteiger partial charge in [0.1, 0.15) is 5.58 Å². The lowest BCUT2D eigenvalue weighted by molar-refractivity contribution is 0.225. The number of aliphatic imine (C=N–C) groups is 1. The second kappa shape index (κ2) is 8.09. The number of hydrogen-bond donors (Lipinski definition) is 2. The van der Waals surface area contributed by atoms with E-state index in [2.05, 4.69) is 37.7 Å². The maximum Gasteiger partial charge on any atom is 0.291 e. The predicted molar refractivity (Wildman–Crippen MR) is 131 cm³/mol. The summed E-state index contributed by atoms with van der Waals surface area (Å²) in [6, 6.07) is 19.3. The Labute approximate surface area is 198 Å². The van der Waals surface area contributed by atoms with Gasteiger partial charge in [-0.05, 0) is 49.4 Å². The summed E-state index contributed by atoms with van der Waals surface area (Å²) in [5, 5.41) is 1.04. The quantitative estimate of drug-likeness (QED) is 0.424. The molecule has 0 saturated heterocycles. The zero-order chi connectivity index (χ0) is 23.2. The van der Waals surface area contributed by atoms with Crippen molar-refractivity contribution >= 4 is 60.9 Å². The maximum absolute atomic E-state index is 12.9. The lowest BCUT2D eigenvalue weighted by Crippen LogP contribution is -2.23. The number of amidine groups is 1. The molecule has 9 heteroatoms. The van der Waals surface area contributed by atoms with E-state index in [1.807, 2.05) is 43.3 Å². The van der Waals surface area contributed by atoms with E-state index < -0.39 is 10.0 Å². The Balaban J connectivity index is 1.53. The van der Waals surface area contributed by atoms with E-state index in [1.54, 1.807) is 18.2 Å². The minimum atomic E-state index is -3.79. The van der Waals surface area contributed by atoms with Gasteiger partial charge < -0.3 is 9.25 Å². The highest BCUT2D eigenvalue weighted by molar-refractivity contribution is 9.10. The molecule has 0 bridgehead atoms. The van der Waals surface area contributed by atoms with Crippen LogP contribution in [0.4, 0.5) is 5.69 Å². The summed E-state index contributed by atoms with van der Waals surface area (Å²) >= 11 is 3.41. The van der Waals surface area contributed by atoms with Crippen molar-refractivity contribution in [1.29, 1.82) is 0 Å². The van der Waals surface area contributed by atoms with Crippen LogP contribution in [-0.4, -0.2) is 14.3 Å². The van der Waals surface area contributed by atoms with Crippen LogP contribution >= 0.6 is 15.9 Å². The molecule has 0 aliphatic carbocycles. The van der Waals surface area contributed by atoms with E-state index in [1.165, 1.54) is 12.1 Å². The molecule has 5 rings (SSSR count). The number of benzene rings is 3. The Morgan fingerprint density at radius 2 is 1.76 bits per heavy atom. The van der Waals surface area contributed by atoms with E-state index >= 15 is 0 Å². The van der Waals surface area contributed by atoms with Crippen molar-refractivity contribution in [2.24, 2.45) is 4.99 Å². The van der Waals surface area contributed by atoms with Crippen LogP contribution in [0.3, 0.4) is 0 Å². The van der Waals surface area contributed by atoms with Crippen LogP contribution < -0.4 is 20.8 Å². The summed E-state index contributed by atoms with van der Waals surface area (Å²) in [6.45, 7) is 6.00. The molecule has 2 heterocycles. The average Bonchev–Trinajstić information content (AvgIpc) is 3.40. The monoisotopic (exact) mass is 523 g/mol. The molecule has 2 N–H and O–H groups in total. The molecule has 33 heavy (non-hydrogen) atoms. The van der Waals surface area contributed by atoms with Gasteiger partial charge in [-0.15, -0.1) is 0 Å². The third kappa shape index (κ3) is 4.12. The standard InChI is InChI=1S/C24H18BrN3O4S/c1-14-3-9-18(10-4-14)28-33(29,30)19-11-12-21-20(13-19)15(2)22(31-21)24-26-23(27-32-24)16-5-7-17(25)8-6-16/h3-13,28H,2H2,1H3,(H,26,27). The van der Waals surface area contributed by atoms with Gasteiger partial charge in [0.15, 0.2) is 11.3 Å². The number of aryl methyl sites for hydroxylation is 1. The smallest absolute Gasteiger partial charge is 0.291 e. The summed E-state index contributed by atoms with van der Waals surface area (Å²) in [4.78, 5) is 10.1. The molecule has 1 aromatic heterocycles. The van der Waals surface area contributed by atoms with Gasteiger partial charge in [0.05, 0.1) is 4.90 Å². The fraction of sp³-hybridized carbons (Fsp3) is 0.0417. The second-order valence-corrected chi connectivity index (χ2v) is 10.1. The summed E-state index contributed by atoms with van der Waals surface area (Å²) < 4.78 is 35.2. The van der Waals surface area contributed by atoms with Crippen molar-refractivity contribution in [3.8, 4) is 0 Å². The number of anilines is 1. The van der Waals surface area contributed by atoms with Gasteiger partial charge in [0.25, 0.3) is 15.9 Å². The van der Waals surface area contributed by atoms with Crippen LogP contribution in [0.25, 0.3) is 23.4 Å². The molecule has 0 atom stereocenters. The zero-order valence-electron chi connectivity index (χ0n) is 17.4. The Morgan fingerprint density at radius 1 is 1.03 bits per heavy atom. The number of rotatable bonds is 4. The highest BCUT2D eigenvalue weighted by Crippen LogP contribution is 2.21. The zero-order valence-corrected chi connectivity index (χ0v) is 19.8. The molecule has 0 unspecified atom stereocenters. The van der Waals surface area contributed by atoms with E-state index in [-0.39, 0.29) is 10.8 Å². The Hall–Kier alpha value is -3.56. The van der Waals surface area contributed by atoms with Gasteiger partial charge in [-0.2, -0.15) is 4.99 Å². The van der Waals surface area contributed by atoms with E-state index in [0.717, 1.165) is 15.6 Å². The molecule has 0 radical (unpaired) electrons. The first-order valence-electron chi connectivity index (χ1n) is 9.93. The number of furan rings is 1.